The Bertz CT molecular complexity index is 449. The van der Waals surface area contributed by atoms with Crippen molar-refractivity contribution < 1.29 is 9.90 Å². The normalized spacial score (nSPS) is 13.8. The van der Waals surface area contributed by atoms with Crippen LogP contribution in [-0.4, -0.2) is 19.1 Å². The lowest BCUT2D eigenvalue weighted by Crippen LogP contribution is -2.27. The van der Waals surface area contributed by atoms with Gasteiger partial charge in [-0.05, 0) is 18.4 Å². The van der Waals surface area contributed by atoms with Gasteiger partial charge >= 0.3 is 5.97 Å². The van der Waals surface area contributed by atoms with Gasteiger partial charge in [0, 0.05) is 0 Å². The minimum atomic E-state index is -1.45. The molecule has 110 valence electrons. The number of carbonyl (C=O) groups is 1. The Morgan fingerprint density at radius 2 is 1.85 bits per heavy atom. The summed E-state index contributed by atoms with van der Waals surface area (Å²) in [5.74, 6) is -0.781. The lowest BCUT2D eigenvalue weighted by atomic mass is 9.93. The van der Waals surface area contributed by atoms with Crippen LogP contribution >= 0.6 is 0 Å². The van der Waals surface area contributed by atoms with E-state index >= 15 is 0 Å². The second-order valence-electron chi connectivity index (χ2n) is 6.48. The third-order valence-corrected chi connectivity index (χ3v) is 6.04. The fourth-order valence-electron chi connectivity index (χ4n) is 2.37. The molecule has 1 atom stereocenters. The van der Waals surface area contributed by atoms with Gasteiger partial charge in [-0.15, -0.1) is 0 Å². The first-order chi connectivity index (χ1) is 9.32. The van der Waals surface area contributed by atoms with Crippen molar-refractivity contribution in [2.45, 2.75) is 39.4 Å². The first kappa shape index (κ1) is 16.7. The molecule has 2 nitrogen and oxygen atoms in total. The molecule has 20 heavy (non-hydrogen) atoms. The van der Waals surface area contributed by atoms with Gasteiger partial charge in [-0.1, -0.05) is 74.6 Å². The highest BCUT2D eigenvalue weighted by Crippen LogP contribution is 2.18. The van der Waals surface area contributed by atoms with Crippen LogP contribution < -0.4 is 0 Å². The highest BCUT2D eigenvalue weighted by atomic mass is 28.3. The van der Waals surface area contributed by atoms with Crippen LogP contribution in [0.1, 0.15) is 25.8 Å². The molecule has 0 aromatic heterocycles. The Morgan fingerprint density at radius 1 is 1.25 bits per heavy atom. The van der Waals surface area contributed by atoms with E-state index in [0.29, 0.717) is 6.42 Å². The minimum absolute atomic E-state index is 0.177. The first-order valence-corrected chi connectivity index (χ1v) is 10.5. The molecule has 0 amide bonds. The number of hydrogen-bond donors (Lipinski definition) is 1. The van der Waals surface area contributed by atoms with E-state index in [0.717, 1.165) is 6.04 Å². The van der Waals surface area contributed by atoms with Gasteiger partial charge in [-0.2, -0.15) is 0 Å². The zero-order valence-corrected chi connectivity index (χ0v) is 14.0. The topological polar surface area (TPSA) is 37.3 Å². The second-order valence-corrected chi connectivity index (χ2v) is 11.1. The summed E-state index contributed by atoms with van der Waals surface area (Å²) in [6.45, 7) is 8.58. The summed E-state index contributed by atoms with van der Waals surface area (Å²) in [6.07, 6.45) is 2.73. The Morgan fingerprint density at radius 3 is 2.35 bits per heavy atom. The molecular formula is C17H26O2Si. The average Bonchev–Trinajstić information content (AvgIpc) is 2.34. The fourth-order valence-corrected chi connectivity index (χ4v) is 4.55. The molecule has 0 fully saturated rings. The maximum atomic E-state index is 11.2. The van der Waals surface area contributed by atoms with Gasteiger partial charge in [-0.25, -0.2) is 0 Å². The van der Waals surface area contributed by atoms with Crippen LogP contribution in [0.15, 0.2) is 42.1 Å². The summed E-state index contributed by atoms with van der Waals surface area (Å²) in [6, 6.07) is 11.6. The summed E-state index contributed by atoms with van der Waals surface area (Å²) >= 11 is 0. The predicted octanol–water partition coefficient (Wildman–Crippen LogP) is 4.32. The van der Waals surface area contributed by atoms with Gasteiger partial charge in [0.2, 0.25) is 0 Å². The molecule has 0 aliphatic heterocycles. The molecule has 0 aliphatic rings. The number of hydrogen-bond acceptors (Lipinski definition) is 1. The van der Waals surface area contributed by atoms with Gasteiger partial charge in [-0.3, -0.25) is 4.79 Å². The van der Waals surface area contributed by atoms with Crippen molar-refractivity contribution in [1.29, 1.82) is 0 Å². The van der Waals surface area contributed by atoms with Crippen LogP contribution in [0.5, 0.6) is 0 Å². The third kappa shape index (κ3) is 5.74. The van der Waals surface area contributed by atoms with Crippen LogP contribution in [0.3, 0.4) is 0 Å². The summed E-state index contributed by atoms with van der Waals surface area (Å²) in [7, 11) is -1.45. The first-order valence-electron chi connectivity index (χ1n) is 7.26. The van der Waals surface area contributed by atoms with Crippen molar-refractivity contribution in [1.82, 2.24) is 0 Å². The number of carboxylic acid groups (broad SMARTS) is 1. The van der Waals surface area contributed by atoms with Crippen LogP contribution in [0.2, 0.25) is 13.1 Å². The highest BCUT2D eigenvalue weighted by molar-refractivity contribution is 6.81. The Kier molecular flexibility index (Phi) is 6.21. The SMILES string of the molecule is CC(C)C(C/C=C\[Si](C)(C)Cc1ccccc1)C(=O)O. The van der Waals surface area contributed by atoms with E-state index in [4.69, 9.17) is 0 Å². The molecular weight excluding hydrogens is 264 g/mol. The molecule has 1 aromatic rings. The maximum Gasteiger partial charge on any atom is 0.307 e. The van der Waals surface area contributed by atoms with E-state index in [2.05, 4.69) is 49.1 Å². The Hall–Kier alpha value is -1.35. The smallest absolute Gasteiger partial charge is 0.307 e. The molecule has 1 unspecified atom stereocenters. The number of aliphatic carboxylic acids is 1. The van der Waals surface area contributed by atoms with Gasteiger partial charge in [0.05, 0.1) is 14.0 Å². The van der Waals surface area contributed by atoms with Crippen molar-refractivity contribution in [2.75, 3.05) is 0 Å². The van der Waals surface area contributed by atoms with E-state index in [-0.39, 0.29) is 11.8 Å². The van der Waals surface area contributed by atoms with Crippen molar-refractivity contribution in [3.63, 3.8) is 0 Å². The largest absolute Gasteiger partial charge is 0.481 e. The van der Waals surface area contributed by atoms with Crippen molar-refractivity contribution in [3.8, 4) is 0 Å². The molecule has 0 aliphatic carbocycles. The Labute approximate surface area is 123 Å². The number of allylic oxidation sites excluding steroid dienone is 1. The van der Waals surface area contributed by atoms with Crippen LogP contribution in [0.25, 0.3) is 0 Å². The number of benzene rings is 1. The zero-order chi connectivity index (χ0) is 15.2. The molecule has 3 heteroatoms. The number of rotatable bonds is 7. The Balaban J connectivity index is 2.61. The van der Waals surface area contributed by atoms with Gasteiger partial charge in [0.15, 0.2) is 0 Å². The van der Waals surface area contributed by atoms with E-state index in [9.17, 15) is 9.90 Å². The molecule has 1 aromatic carbocycles. The molecule has 0 saturated carbocycles. The number of carboxylic acids is 1. The lowest BCUT2D eigenvalue weighted by Gasteiger charge is -2.19. The molecule has 0 bridgehead atoms. The van der Waals surface area contributed by atoms with Gasteiger partial charge in [0.25, 0.3) is 0 Å². The zero-order valence-electron chi connectivity index (χ0n) is 13.0. The van der Waals surface area contributed by atoms with Crippen LogP contribution in [0, 0.1) is 11.8 Å². The molecule has 1 N–H and O–H groups in total. The van der Waals surface area contributed by atoms with Crippen molar-refractivity contribution in [3.05, 3.63) is 47.7 Å². The van der Waals surface area contributed by atoms with Gasteiger partial charge in [0.1, 0.15) is 0 Å². The van der Waals surface area contributed by atoms with E-state index in [1.165, 1.54) is 5.56 Å². The molecule has 0 radical (unpaired) electrons. The highest BCUT2D eigenvalue weighted by Gasteiger charge is 2.21. The molecule has 0 heterocycles. The van der Waals surface area contributed by atoms with E-state index in [1.54, 1.807) is 0 Å². The lowest BCUT2D eigenvalue weighted by molar-refractivity contribution is -0.143. The minimum Gasteiger partial charge on any atom is -0.481 e. The van der Waals surface area contributed by atoms with Crippen molar-refractivity contribution in [2.24, 2.45) is 11.8 Å². The van der Waals surface area contributed by atoms with Crippen LogP contribution in [-0.2, 0) is 10.8 Å². The summed E-state index contributed by atoms with van der Waals surface area (Å²) < 4.78 is 0. The third-order valence-electron chi connectivity index (χ3n) is 3.58. The fraction of sp³-hybridized carbons (Fsp3) is 0.471. The van der Waals surface area contributed by atoms with Gasteiger partial charge < -0.3 is 5.11 Å². The summed E-state index contributed by atoms with van der Waals surface area (Å²) in [5, 5.41) is 9.19. The van der Waals surface area contributed by atoms with Crippen molar-refractivity contribution >= 4 is 14.0 Å². The second kappa shape index (κ2) is 7.43. The van der Waals surface area contributed by atoms with Crippen LogP contribution in [0.4, 0.5) is 0 Å². The quantitative estimate of drug-likeness (QED) is 0.759. The maximum absolute atomic E-state index is 11.2. The predicted molar refractivity (Wildman–Crippen MR) is 87.3 cm³/mol. The average molecular weight is 290 g/mol. The summed E-state index contributed by atoms with van der Waals surface area (Å²) in [5.41, 5.74) is 3.66. The molecule has 0 saturated heterocycles. The monoisotopic (exact) mass is 290 g/mol. The molecule has 0 spiro atoms. The standard InChI is InChI=1S/C17H26O2Si/c1-14(2)16(17(18)19)11-8-12-20(3,4)13-15-9-6-5-7-10-15/h5-10,12,14,16H,11,13H2,1-4H3,(H,18,19)/b12-8-. The summed E-state index contributed by atoms with van der Waals surface area (Å²) in [4.78, 5) is 11.2. The van der Waals surface area contributed by atoms with E-state index < -0.39 is 14.0 Å². The molecule has 1 rings (SSSR count). The van der Waals surface area contributed by atoms with E-state index in [1.807, 2.05) is 19.9 Å².